The molecule has 0 saturated carbocycles. The second-order valence-electron chi connectivity index (χ2n) is 2.70. The predicted molar refractivity (Wildman–Crippen MR) is 43.6 cm³/mol. The van der Waals surface area contributed by atoms with E-state index in [9.17, 15) is 5.11 Å². The third-order valence-corrected chi connectivity index (χ3v) is 1.63. The quantitative estimate of drug-likeness (QED) is 0.315. The summed E-state index contributed by atoms with van der Waals surface area (Å²) in [6.07, 6.45) is -3.21. The summed E-state index contributed by atoms with van der Waals surface area (Å²) in [5, 5.41) is 38.6. The zero-order chi connectivity index (χ0) is 9.56. The lowest BCUT2D eigenvalue weighted by Gasteiger charge is -2.21. The number of hydrogen-bond donors (Lipinski definition) is 5. The Morgan fingerprint density at radius 2 is 1.75 bits per heavy atom. The fraction of sp³-hybridized carbons (Fsp3) is 1.00. The fourth-order valence-electron chi connectivity index (χ4n) is 0.889. The second kappa shape index (κ2) is 6.33. The molecule has 74 valence electrons. The van der Waals surface area contributed by atoms with E-state index in [2.05, 4.69) is 5.32 Å². The minimum absolute atomic E-state index is 0.0714. The Kier molecular flexibility index (Phi) is 6.23. The first-order valence-electron chi connectivity index (χ1n) is 3.93. The van der Waals surface area contributed by atoms with Crippen molar-refractivity contribution in [3.63, 3.8) is 0 Å². The molecule has 0 bridgehead atoms. The van der Waals surface area contributed by atoms with Crippen molar-refractivity contribution in [2.75, 3.05) is 20.2 Å². The van der Waals surface area contributed by atoms with Crippen molar-refractivity contribution in [2.45, 2.75) is 24.7 Å². The molecule has 12 heavy (non-hydrogen) atoms. The maximum absolute atomic E-state index is 9.20. The van der Waals surface area contributed by atoms with Gasteiger partial charge in [0.15, 0.2) is 0 Å². The Balaban J connectivity index is 3.73. The van der Waals surface area contributed by atoms with Crippen molar-refractivity contribution in [2.24, 2.45) is 0 Å². The van der Waals surface area contributed by atoms with Crippen molar-refractivity contribution >= 4 is 0 Å². The zero-order valence-corrected chi connectivity index (χ0v) is 7.14. The topological polar surface area (TPSA) is 93.0 Å². The summed E-state index contributed by atoms with van der Waals surface area (Å²) in [4.78, 5) is 0. The van der Waals surface area contributed by atoms with Crippen LogP contribution in [0.25, 0.3) is 0 Å². The van der Waals surface area contributed by atoms with Crippen molar-refractivity contribution in [3.05, 3.63) is 0 Å². The van der Waals surface area contributed by atoms with Crippen LogP contribution in [0.15, 0.2) is 0 Å². The lowest BCUT2D eigenvalue weighted by atomic mass is 10.1. The van der Waals surface area contributed by atoms with Crippen molar-refractivity contribution in [3.8, 4) is 0 Å². The minimum atomic E-state index is -1.20. The van der Waals surface area contributed by atoms with Gasteiger partial charge in [-0.25, -0.2) is 0 Å². The molecule has 5 nitrogen and oxygen atoms in total. The Morgan fingerprint density at radius 1 is 1.17 bits per heavy atom. The number of nitrogens with one attached hydrogen (secondary N) is 1. The third kappa shape index (κ3) is 3.99. The Labute approximate surface area is 71.7 Å². The van der Waals surface area contributed by atoms with Crippen LogP contribution in [0.4, 0.5) is 0 Å². The van der Waals surface area contributed by atoms with E-state index >= 15 is 0 Å². The molecule has 0 fully saturated rings. The van der Waals surface area contributed by atoms with Gasteiger partial charge < -0.3 is 25.7 Å². The van der Waals surface area contributed by atoms with Crippen LogP contribution in [0, 0.1) is 0 Å². The predicted octanol–water partition coefficient (Wildman–Crippen LogP) is -2.33. The van der Waals surface area contributed by atoms with E-state index in [1.807, 2.05) is 0 Å². The molecule has 0 heterocycles. The summed E-state index contributed by atoms with van der Waals surface area (Å²) in [6.45, 7) is 0.00809. The molecule has 0 saturated heterocycles. The zero-order valence-electron chi connectivity index (χ0n) is 7.14. The SMILES string of the molecule is CNCC(O)C(O)[C@H](O)CCO. The lowest BCUT2D eigenvalue weighted by Crippen LogP contribution is -2.42. The summed E-state index contributed by atoms with van der Waals surface area (Å²) < 4.78 is 0. The molecular weight excluding hydrogens is 162 g/mol. The number of likely N-dealkylation sites (N-methyl/N-ethyl adjacent to an activating group) is 1. The molecule has 0 aliphatic carbocycles. The van der Waals surface area contributed by atoms with Gasteiger partial charge in [-0.1, -0.05) is 0 Å². The van der Waals surface area contributed by atoms with Crippen LogP contribution in [-0.4, -0.2) is 58.9 Å². The molecule has 0 amide bonds. The number of aliphatic hydroxyl groups excluding tert-OH is 4. The highest BCUT2D eigenvalue weighted by Crippen LogP contribution is 2.02. The largest absolute Gasteiger partial charge is 0.396 e. The van der Waals surface area contributed by atoms with Gasteiger partial charge in [0.05, 0.1) is 12.2 Å². The van der Waals surface area contributed by atoms with Gasteiger partial charge in [-0.15, -0.1) is 0 Å². The van der Waals surface area contributed by atoms with Crippen LogP contribution in [0.1, 0.15) is 6.42 Å². The third-order valence-electron chi connectivity index (χ3n) is 1.63. The van der Waals surface area contributed by atoms with Gasteiger partial charge in [0.25, 0.3) is 0 Å². The van der Waals surface area contributed by atoms with E-state index in [1.165, 1.54) is 0 Å². The molecule has 0 aromatic rings. The van der Waals surface area contributed by atoms with Gasteiger partial charge in [0.1, 0.15) is 6.10 Å². The van der Waals surface area contributed by atoms with Crippen molar-refractivity contribution < 1.29 is 20.4 Å². The average Bonchev–Trinajstić information content (AvgIpc) is 2.04. The highest BCUT2D eigenvalue weighted by Gasteiger charge is 2.23. The highest BCUT2D eigenvalue weighted by molar-refractivity contribution is 4.75. The normalized spacial score (nSPS) is 18.8. The highest BCUT2D eigenvalue weighted by atomic mass is 16.4. The maximum Gasteiger partial charge on any atom is 0.107 e. The number of aliphatic hydroxyl groups is 4. The van der Waals surface area contributed by atoms with Crippen LogP contribution >= 0.6 is 0 Å². The van der Waals surface area contributed by atoms with E-state index in [0.29, 0.717) is 0 Å². The first-order chi connectivity index (χ1) is 5.63. The summed E-state index contributed by atoms with van der Waals surface area (Å²) in [6, 6.07) is 0. The fourth-order valence-corrected chi connectivity index (χ4v) is 0.889. The second-order valence-corrected chi connectivity index (χ2v) is 2.70. The molecule has 0 spiro atoms. The van der Waals surface area contributed by atoms with Crippen LogP contribution in [0.2, 0.25) is 0 Å². The molecule has 0 aromatic carbocycles. The molecule has 5 N–H and O–H groups in total. The minimum Gasteiger partial charge on any atom is -0.396 e. The van der Waals surface area contributed by atoms with Crippen LogP contribution in [0.3, 0.4) is 0 Å². The first kappa shape index (κ1) is 11.8. The molecule has 0 aliphatic heterocycles. The molecule has 0 radical (unpaired) electrons. The van der Waals surface area contributed by atoms with Gasteiger partial charge in [-0.3, -0.25) is 0 Å². The molecule has 0 rings (SSSR count). The molecule has 0 aromatic heterocycles. The van der Waals surface area contributed by atoms with Crippen LogP contribution < -0.4 is 5.32 Å². The summed E-state index contributed by atoms with van der Waals surface area (Å²) >= 11 is 0. The molecule has 3 atom stereocenters. The van der Waals surface area contributed by atoms with Crippen molar-refractivity contribution in [1.29, 1.82) is 0 Å². The monoisotopic (exact) mass is 179 g/mol. The summed E-state index contributed by atoms with van der Waals surface area (Å²) in [5.41, 5.74) is 0. The molecule has 2 unspecified atom stereocenters. The lowest BCUT2D eigenvalue weighted by molar-refractivity contribution is -0.0638. The number of rotatable bonds is 6. The summed E-state index contributed by atoms with van der Waals surface area (Å²) in [5.74, 6) is 0. The number of hydrogen-bond acceptors (Lipinski definition) is 5. The van der Waals surface area contributed by atoms with E-state index in [-0.39, 0.29) is 19.6 Å². The molecule has 0 aliphatic rings. The molecular formula is C7H17NO4. The Bertz CT molecular complexity index is 99.6. The standard InChI is InChI=1S/C7H17NO4/c1-8-4-6(11)7(12)5(10)2-3-9/h5-12H,2-4H2,1H3/t5-,6?,7?/m1/s1. The average molecular weight is 179 g/mol. The Morgan fingerprint density at radius 3 is 2.17 bits per heavy atom. The van der Waals surface area contributed by atoms with Gasteiger partial charge in [0, 0.05) is 13.2 Å². The van der Waals surface area contributed by atoms with Gasteiger partial charge in [0.2, 0.25) is 0 Å². The van der Waals surface area contributed by atoms with Gasteiger partial charge >= 0.3 is 0 Å². The van der Waals surface area contributed by atoms with Crippen molar-refractivity contribution in [1.82, 2.24) is 5.32 Å². The maximum atomic E-state index is 9.20. The first-order valence-corrected chi connectivity index (χ1v) is 3.93. The summed E-state index contributed by atoms with van der Waals surface area (Å²) in [7, 11) is 1.63. The Hall–Kier alpha value is -0.200. The van der Waals surface area contributed by atoms with Crippen LogP contribution in [-0.2, 0) is 0 Å². The van der Waals surface area contributed by atoms with E-state index in [0.717, 1.165) is 0 Å². The smallest absolute Gasteiger partial charge is 0.107 e. The van der Waals surface area contributed by atoms with Gasteiger partial charge in [-0.2, -0.15) is 0 Å². The van der Waals surface area contributed by atoms with Gasteiger partial charge in [-0.05, 0) is 13.5 Å². The van der Waals surface area contributed by atoms with E-state index in [4.69, 9.17) is 15.3 Å². The van der Waals surface area contributed by atoms with E-state index < -0.39 is 18.3 Å². The molecule has 5 heteroatoms. The van der Waals surface area contributed by atoms with Crippen LogP contribution in [0.5, 0.6) is 0 Å². The van der Waals surface area contributed by atoms with E-state index in [1.54, 1.807) is 7.05 Å².